The van der Waals surface area contributed by atoms with Gasteiger partial charge in [0, 0.05) is 22.9 Å². The summed E-state index contributed by atoms with van der Waals surface area (Å²) in [7, 11) is 1.53. The molecule has 29 heavy (non-hydrogen) atoms. The van der Waals surface area contributed by atoms with Crippen LogP contribution in [-0.2, 0) is 4.79 Å². The van der Waals surface area contributed by atoms with Gasteiger partial charge in [0.25, 0.3) is 5.91 Å². The molecular formula is C22H15N2O5-. The van der Waals surface area contributed by atoms with Crippen LogP contribution in [0.1, 0.15) is 16.1 Å². The van der Waals surface area contributed by atoms with Crippen LogP contribution in [0, 0.1) is 11.3 Å². The first kappa shape index (κ1) is 19.5. The number of hydrogen-bond donors (Lipinski definition) is 1. The fourth-order valence-corrected chi connectivity index (χ4v) is 2.61. The number of carbonyl (C=O) groups excluding carboxylic acids is 2. The molecule has 0 aliphatic heterocycles. The van der Waals surface area contributed by atoms with Crippen molar-refractivity contribution in [2.75, 3.05) is 12.4 Å². The molecule has 0 bridgehead atoms. The van der Waals surface area contributed by atoms with Gasteiger partial charge in [0.15, 0.2) is 0 Å². The fourth-order valence-electron chi connectivity index (χ4n) is 2.61. The Morgan fingerprint density at radius 3 is 2.48 bits per heavy atom. The van der Waals surface area contributed by atoms with Gasteiger partial charge in [-0.2, -0.15) is 5.26 Å². The molecule has 7 nitrogen and oxygen atoms in total. The Balaban J connectivity index is 1.82. The van der Waals surface area contributed by atoms with E-state index in [1.54, 1.807) is 54.6 Å². The van der Waals surface area contributed by atoms with E-state index < -0.39 is 11.9 Å². The zero-order valence-corrected chi connectivity index (χ0v) is 15.3. The summed E-state index contributed by atoms with van der Waals surface area (Å²) in [4.78, 5) is 23.6. The van der Waals surface area contributed by atoms with Crippen LogP contribution in [-0.4, -0.2) is 19.0 Å². The lowest BCUT2D eigenvalue weighted by Gasteiger charge is -2.07. The molecule has 1 heterocycles. The highest BCUT2D eigenvalue weighted by Crippen LogP contribution is 2.26. The number of amides is 1. The summed E-state index contributed by atoms with van der Waals surface area (Å²) in [6.45, 7) is 0. The third-order valence-corrected chi connectivity index (χ3v) is 4.04. The van der Waals surface area contributed by atoms with Gasteiger partial charge in [-0.05, 0) is 36.4 Å². The Morgan fingerprint density at radius 1 is 1.10 bits per heavy atom. The molecule has 0 atom stereocenters. The zero-order chi connectivity index (χ0) is 20.8. The van der Waals surface area contributed by atoms with Gasteiger partial charge in [-0.25, -0.2) is 0 Å². The van der Waals surface area contributed by atoms with Gasteiger partial charge in [-0.15, -0.1) is 0 Å². The first-order valence-electron chi connectivity index (χ1n) is 8.49. The number of carboxylic acids is 1. The molecule has 0 aliphatic carbocycles. The van der Waals surface area contributed by atoms with Gasteiger partial charge in [-0.1, -0.05) is 24.3 Å². The van der Waals surface area contributed by atoms with E-state index in [2.05, 4.69) is 5.32 Å². The van der Waals surface area contributed by atoms with Crippen molar-refractivity contribution in [2.24, 2.45) is 0 Å². The normalized spacial score (nSPS) is 10.8. The molecule has 1 N–H and O–H groups in total. The monoisotopic (exact) mass is 387 g/mol. The van der Waals surface area contributed by atoms with Gasteiger partial charge in [-0.3, -0.25) is 4.79 Å². The molecule has 3 rings (SSSR count). The Bertz CT molecular complexity index is 1120. The number of rotatable bonds is 6. The average Bonchev–Trinajstić information content (AvgIpc) is 3.21. The highest BCUT2D eigenvalue weighted by atomic mass is 16.5. The number of nitrogens with zero attached hydrogens (tertiary/aromatic N) is 1. The van der Waals surface area contributed by atoms with Gasteiger partial charge in [0.2, 0.25) is 0 Å². The third-order valence-electron chi connectivity index (χ3n) is 4.04. The van der Waals surface area contributed by atoms with Gasteiger partial charge >= 0.3 is 0 Å². The molecule has 144 valence electrons. The van der Waals surface area contributed by atoms with Crippen molar-refractivity contribution < 1.29 is 23.8 Å². The van der Waals surface area contributed by atoms with Crippen molar-refractivity contribution in [3.05, 3.63) is 77.6 Å². The molecule has 0 aliphatic rings. The molecule has 0 spiro atoms. The van der Waals surface area contributed by atoms with Crippen molar-refractivity contribution in [2.45, 2.75) is 0 Å². The molecular weight excluding hydrogens is 372 g/mol. The number of benzene rings is 2. The van der Waals surface area contributed by atoms with Crippen LogP contribution in [0.4, 0.5) is 5.69 Å². The quantitative estimate of drug-likeness (QED) is 0.514. The Hall–Kier alpha value is -4.31. The minimum absolute atomic E-state index is 0.0184. The van der Waals surface area contributed by atoms with Gasteiger partial charge in [0.1, 0.15) is 28.9 Å². The molecule has 0 fully saturated rings. The lowest BCUT2D eigenvalue weighted by molar-refractivity contribution is -0.254. The Morgan fingerprint density at radius 2 is 1.83 bits per heavy atom. The topological polar surface area (TPSA) is 115 Å². The van der Waals surface area contributed by atoms with Gasteiger partial charge < -0.3 is 24.4 Å². The summed E-state index contributed by atoms with van der Waals surface area (Å²) < 4.78 is 10.7. The zero-order valence-electron chi connectivity index (χ0n) is 15.3. The van der Waals surface area contributed by atoms with Crippen molar-refractivity contribution in [3.63, 3.8) is 0 Å². The van der Waals surface area contributed by atoms with Crippen molar-refractivity contribution in [1.82, 2.24) is 0 Å². The van der Waals surface area contributed by atoms with E-state index in [1.807, 2.05) is 6.07 Å². The van der Waals surface area contributed by atoms with E-state index in [0.29, 0.717) is 17.0 Å². The molecule has 0 radical (unpaired) electrons. The first-order valence-corrected chi connectivity index (χ1v) is 8.49. The highest BCUT2D eigenvalue weighted by Gasteiger charge is 2.13. The number of furan rings is 1. The van der Waals surface area contributed by atoms with Crippen molar-refractivity contribution >= 4 is 23.6 Å². The number of nitrogens with one attached hydrogen (secondary N) is 1. The molecule has 7 heteroatoms. The van der Waals surface area contributed by atoms with Crippen LogP contribution in [0.2, 0.25) is 0 Å². The van der Waals surface area contributed by atoms with Crippen LogP contribution in [0.5, 0.6) is 5.75 Å². The molecule has 1 amide bonds. The Labute approximate surface area is 166 Å². The summed E-state index contributed by atoms with van der Waals surface area (Å²) in [6.07, 6.45) is 1.28. The smallest absolute Gasteiger partial charge is 0.266 e. The fraction of sp³-hybridized carbons (Fsp3) is 0.0455. The van der Waals surface area contributed by atoms with Crippen molar-refractivity contribution in [3.8, 4) is 23.1 Å². The predicted octanol–water partition coefficient (Wildman–Crippen LogP) is 2.86. The highest BCUT2D eigenvalue weighted by molar-refractivity contribution is 6.09. The number of carboxylic acid groups (broad SMARTS) is 1. The molecule has 0 unspecified atom stereocenters. The second-order valence-corrected chi connectivity index (χ2v) is 5.89. The number of anilines is 1. The van der Waals surface area contributed by atoms with E-state index in [1.165, 1.54) is 19.3 Å². The number of aromatic carboxylic acids is 1. The number of methoxy groups -OCH3 is 1. The second kappa shape index (κ2) is 8.59. The van der Waals surface area contributed by atoms with E-state index in [4.69, 9.17) is 9.15 Å². The molecule has 3 aromatic rings. The van der Waals surface area contributed by atoms with Gasteiger partial charge in [0.05, 0.1) is 13.1 Å². The second-order valence-electron chi connectivity index (χ2n) is 5.89. The summed E-state index contributed by atoms with van der Waals surface area (Å²) >= 11 is 0. The molecule has 2 aromatic carbocycles. The number of ether oxygens (including phenoxy) is 1. The van der Waals surface area contributed by atoms with Crippen LogP contribution >= 0.6 is 0 Å². The number of nitriles is 1. The minimum Gasteiger partial charge on any atom is -0.545 e. The van der Waals surface area contributed by atoms with Crippen LogP contribution in [0.15, 0.2) is 70.7 Å². The van der Waals surface area contributed by atoms with E-state index >= 15 is 0 Å². The Kier molecular flexibility index (Phi) is 5.76. The molecule has 1 aromatic heterocycles. The summed E-state index contributed by atoms with van der Waals surface area (Å²) in [5.74, 6) is -0.783. The van der Waals surface area contributed by atoms with Crippen molar-refractivity contribution in [1.29, 1.82) is 5.26 Å². The number of hydrogen-bond acceptors (Lipinski definition) is 6. The number of carbonyl (C=O) groups is 2. The maximum absolute atomic E-state index is 12.4. The summed E-state index contributed by atoms with van der Waals surface area (Å²) in [5.41, 5.74) is 0.651. The van der Waals surface area contributed by atoms with E-state index in [9.17, 15) is 20.0 Å². The summed E-state index contributed by atoms with van der Waals surface area (Å²) in [5, 5.41) is 23.2. The minimum atomic E-state index is -1.33. The third kappa shape index (κ3) is 4.51. The maximum atomic E-state index is 12.4. The maximum Gasteiger partial charge on any atom is 0.266 e. The van der Waals surface area contributed by atoms with E-state index in [-0.39, 0.29) is 22.7 Å². The van der Waals surface area contributed by atoms with E-state index in [0.717, 1.165) is 0 Å². The average molecular weight is 387 g/mol. The van der Waals surface area contributed by atoms with Crippen LogP contribution in [0.3, 0.4) is 0 Å². The lowest BCUT2D eigenvalue weighted by atomic mass is 10.1. The molecule has 0 saturated heterocycles. The molecule has 0 saturated carbocycles. The summed E-state index contributed by atoms with van der Waals surface area (Å²) in [6, 6.07) is 17.8. The first-order chi connectivity index (χ1) is 14.0. The predicted molar refractivity (Wildman–Crippen MR) is 104 cm³/mol. The SMILES string of the molecule is COc1ccc(NC(=O)/C(C#N)=C\c2ccc(-c3ccccc3C(=O)[O-])o2)cc1. The largest absolute Gasteiger partial charge is 0.545 e. The lowest BCUT2D eigenvalue weighted by Crippen LogP contribution is -2.22. The standard InChI is InChI=1S/C22H16N2O5/c1-28-16-8-6-15(7-9-16)24-21(25)14(13-23)12-17-10-11-20(29-17)18-4-2-3-5-19(18)22(26)27/h2-12H,1H3,(H,24,25)(H,26,27)/p-1/b14-12-. The van der Waals surface area contributed by atoms with Crippen LogP contribution < -0.4 is 15.2 Å². The van der Waals surface area contributed by atoms with Crippen LogP contribution in [0.25, 0.3) is 17.4 Å².